The highest BCUT2D eigenvalue weighted by atomic mass is 127. The average Bonchev–Trinajstić information content (AvgIpc) is 2.93. The number of halogens is 1. The molecule has 6 heteroatoms. The molecular formula is C18H32IN5. The molecule has 136 valence electrons. The zero-order valence-corrected chi connectivity index (χ0v) is 17.9. The van der Waals surface area contributed by atoms with Gasteiger partial charge < -0.3 is 10.6 Å². The minimum absolute atomic E-state index is 0. The third-order valence-corrected chi connectivity index (χ3v) is 5.42. The van der Waals surface area contributed by atoms with Crippen LogP contribution in [0.1, 0.15) is 57.8 Å². The van der Waals surface area contributed by atoms with Crippen molar-refractivity contribution in [2.75, 3.05) is 13.6 Å². The highest BCUT2D eigenvalue weighted by molar-refractivity contribution is 14.0. The fraction of sp³-hybridized carbons (Fsp3) is 0.778. The minimum atomic E-state index is 0. The van der Waals surface area contributed by atoms with E-state index in [1.807, 2.05) is 7.05 Å². The number of aromatic nitrogens is 2. The van der Waals surface area contributed by atoms with E-state index in [1.165, 1.54) is 17.7 Å². The molecule has 0 radical (unpaired) electrons. The molecule has 2 atom stereocenters. The second kappa shape index (κ2) is 7.62. The van der Waals surface area contributed by atoms with Crippen LogP contribution in [0.5, 0.6) is 0 Å². The third kappa shape index (κ3) is 4.43. The Bertz CT molecular complexity index is 590. The van der Waals surface area contributed by atoms with Gasteiger partial charge in [-0.3, -0.25) is 9.67 Å². The predicted octanol–water partition coefficient (Wildman–Crippen LogP) is 3.15. The quantitative estimate of drug-likeness (QED) is 0.426. The summed E-state index contributed by atoms with van der Waals surface area (Å²) in [6.45, 7) is 10.1. The van der Waals surface area contributed by atoms with Crippen LogP contribution >= 0.6 is 24.0 Å². The van der Waals surface area contributed by atoms with E-state index in [0.717, 1.165) is 37.7 Å². The standard InChI is InChI=1S/C18H31N5.HI/c1-12(2)23-11-13-6-7-15(8-16(13)22-23)21-17(19-5)20-10-14-9-18(14,3)4;/h11-12,14-15H,6-10H2,1-5H3,(H2,19,20,21);1H. The Hall–Kier alpha value is -0.790. The van der Waals surface area contributed by atoms with Crippen LogP contribution < -0.4 is 10.6 Å². The summed E-state index contributed by atoms with van der Waals surface area (Å²) in [5.41, 5.74) is 3.18. The van der Waals surface area contributed by atoms with Crippen LogP contribution in [0, 0.1) is 11.3 Å². The van der Waals surface area contributed by atoms with Gasteiger partial charge in [0, 0.05) is 38.3 Å². The number of nitrogens with one attached hydrogen (secondary N) is 2. The molecule has 24 heavy (non-hydrogen) atoms. The van der Waals surface area contributed by atoms with Gasteiger partial charge in [0.25, 0.3) is 0 Å². The molecule has 1 aromatic heterocycles. The monoisotopic (exact) mass is 445 g/mol. The number of aliphatic imine (C=N–C) groups is 1. The average molecular weight is 445 g/mol. The molecule has 2 aliphatic rings. The van der Waals surface area contributed by atoms with Crippen molar-refractivity contribution in [1.82, 2.24) is 20.4 Å². The second-order valence-corrected chi connectivity index (χ2v) is 8.10. The number of hydrogen-bond donors (Lipinski definition) is 2. The minimum Gasteiger partial charge on any atom is -0.356 e. The Kier molecular flexibility index (Phi) is 6.20. The van der Waals surface area contributed by atoms with E-state index in [1.54, 1.807) is 0 Å². The zero-order valence-electron chi connectivity index (χ0n) is 15.6. The lowest BCUT2D eigenvalue weighted by atomic mass is 9.94. The molecule has 0 spiro atoms. The summed E-state index contributed by atoms with van der Waals surface area (Å²) in [7, 11) is 1.86. The van der Waals surface area contributed by atoms with Gasteiger partial charge in [0.15, 0.2) is 5.96 Å². The van der Waals surface area contributed by atoms with Crippen LogP contribution in [0.15, 0.2) is 11.2 Å². The second-order valence-electron chi connectivity index (χ2n) is 8.10. The zero-order chi connectivity index (χ0) is 16.6. The molecule has 0 aliphatic heterocycles. The molecule has 0 amide bonds. The van der Waals surface area contributed by atoms with Crippen molar-refractivity contribution in [3.05, 3.63) is 17.5 Å². The summed E-state index contributed by atoms with van der Waals surface area (Å²) in [6, 6.07) is 0.861. The Balaban J connectivity index is 0.00000208. The van der Waals surface area contributed by atoms with Crippen molar-refractivity contribution in [3.8, 4) is 0 Å². The van der Waals surface area contributed by atoms with Crippen molar-refractivity contribution in [3.63, 3.8) is 0 Å². The Morgan fingerprint density at radius 1 is 1.46 bits per heavy atom. The fourth-order valence-electron chi connectivity index (χ4n) is 3.43. The van der Waals surface area contributed by atoms with Gasteiger partial charge in [0.1, 0.15) is 0 Å². The SMILES string of the molecule is CN=C(NCC1CC1(C)C)NC1CCc2cn(C(C)C)nc2C1.I. The van der Waals surface area contributed by atoms with Gasteiger partial charge in [-0.2, -0.15) is 5.10 Å². The van der Waals surface area contributed by atoms with E-state index in [9.17, 15) is 0 Å². The summed E-state index contributed by atoms with van der Waals surface area (Å²) in [5.74, 6) is 1.71. The summed E-state index contributed by atoms with van der Waals surface area (Å²) < 4.78 is 2.09. The third-order valence-electron chi connectivity index (χ3n) is 5.42. The molecule has 1 aromatic rings. The van der Waals surface area contributed by atoms with Gasteiger partial charge >= 0.3 is 0 Å². The highest BCUT2D eigenvalue weighted by Crippen LogP contribution is 2.50. The molecular weight excluding hydrogens is 413 g/mol. The van der Waals surface area contributed by atoms with Crippen molar-refractivity contribution in [1.29, 1.82) is 0 Å². The highest BCUT2D eigenvalue weighted by Gasteiger charge is 2.45. The van der Waals surface area contributed by atoms with Crippen molar-refractivity contribution >= 4 is 29.9 Å². The van der Waals surface area contributed by atoms with E-state index in [4.69, 9.17) is 5.10 Å². The van der Waals surface area contributed by atoms with Crippen LogP contribution in [-0.2, 0) is 12.8 Å². The molecule has 2 N–H and O–H groups in total. The number of rotatable bonds is 4. The van der Waals surface area contributed by atoms with Crippen molar-refractivity contribution in [2.24, 2.45) is 16.3 Å². The molecule has 1 fully saturated rings. The molecule has 0 saturated heterocycles. The Morgan fingerprint density at radius 3 is 2.75 bits per heavy atom. The van der Waals surface area contributed by atoms with Crippen molar-refractivity contribution in [2.45, 2.75) is 65.5 Å². The number of fused-ring (bicyclic) bond motifs is 1. The van der Waals surface area contributed by atoms with Crippen LogP contribution in [-0.4, -0.2) is 35.4 Å². The van der Waals surface area contributed by atoms with Gasteiger partial charge in [-0.25, -0.2) is 0 Å². The summed E-state index contributed by atoms with van der Waals surface area (Å²) in [6.07, 6.45) is 6.78. The van der Waals surface area contributed by atoms with Crippen molar-refractivity contribution < 1.29 is 0 Å². The largest absolute Gasteiger partial charge is 0.356 e. The molecule has 5 nitrogen and oxygen atoms in total. The van der Waals surface area contributed by atoms with E-state index in [2.05, 4.69) is 54.2 Å². The smallest absolute Gasteiger partial charge is 0.191 e. The van der Waals surface area contributed by atoms with Gasteiger partial charge in [-0.15, -0.1) is 24.0 Å². The van der Waals surface area contributed by atoms with Gasteiger partial charge in [0.05, 0.1) is 5.69 Å². The predicted molar refractivity (Wildman–Crippen MR) is 110 cm³/mol. The maximum absolute atomic E-state index is 4.75. The number of nitrogens with zero attached hydrogens (tertiary/aromatic N) is 3. The lowest BCUT2D eigenvalue weighted by Crippen LogP contribution is -2.46. The number of guanidine groups is 1. The first kappa shape index (κ1) is 19.5. The van der Waals surface area contributed by atoms with Gasteiger partial charge in [-0.1, -0.05) is 13.8 Å². The van der Waals surface area contributed by atoms with Gasteiger partial charge in [0.2, 0.25) is 0 Å². The Labute approximate surface area is 163 Å². The first-order valence-corrected chi connectivity index (χ1v) is 8.93. The summed E-state index contributed by atoms with van der Waals surface area (Å²) >= 11 is 0. The molecule has 2 unspecified atom stereocenters. The molecule has 3 rings (SSSR count). The van der Waals surface area contributed by atoms with Crippen LogP contribution in [0.2, 0.25) is 0 Å². The van der Waals surface area contributed by atoms with E-state index < -0.39 is 0 Å². The molecule has 1 heterocycles. The molecule has 2 aliphatic carbocycles. The van der Waals surface area contributed by atoms with Crippen LogP contribution in [0.25, 0.3) is 0 Å². The number of hydrogen-bond acceptors (Lipinski definition) is 2. The Morgan fingerprint density at radius 2 is 2.17 bits per heavy atom. The summed E-state index contributed by atoms with van der Waals surface area (Å²) in [4.78, 5) is 4.39. The number of aryl methyl sites for hydroxylation is 1. The lowest BCUT2D eigenvalue weighted by Gasteiger charge is -2.24. The fourth-order valence-corrected chi connectivity index (χ4v) is 3.43. The van der Waals surface area contributed by atoms with Crippen LogP contribution in [0.3, 0.4) is 0 Å². The molecule has 1 saturated carbocycles. The summed E-state index contributed by atoms with van der Waals surface area (Å²) in [5, 5.41) is 11.8. The first-order valence-electron chi connectivity index (χ1n) is 8.93. The first-order chi connectivity index (χ1) is 10.9. The van der Waals surface area contributed by atoms with Crippen LogP contribution in [0.4, 0.5) is 0 Å². The van der Waals surface area contributed by atoms with E-state index in [0.29, 0.717) is 17.5 Å². The normalized spacial score (nSPS) is 25.0. The maximum Gasteiger partial charge on any atom is 0.191 e. The lowest BCUT2D eigenvalue weighted by molar-refractivity contribution is 0.495. The van der Waals surface area contributed by atoms with E-state index >= 15 is 0 Å². The maximum atomic E-state index is 4.75. The molecule has 0 aromatic carbocycles. The van der Waals surface area contributed by atoms with E-state index in [-0.39, 0.29) is 24.0 Å². The van der Waals surface area contributed by atoms with Gasteiger partial charge in [-0.05, 0) is 50.0 Å². The molecule has 0 bridgehead atoms. The topological polar surface area (TPSA) is 54.2 Å².